The highest BCUT2D eigenvalue weighted by Gasteiger charge is 2.27. The van der Waals surface area contributed by atoms with Crippen molar-refractivity contribution >= 4 is 26.0 Å². The highest BCUT2D eigenvalue weighted by Crippen LogP contribution is 2.28. The zero-order chi connectivity index (χ0) is 43.9. The molecule has 0 unspecified atom stereocenters. The number of rotatable bonds is 14. The predicted octanol–water partition coefficient (Wildman–Crippen LogP) is 8.06. The number of carbonyl (C=O) groups excluding carboxylic acids is 1. The Hall–Kier alpha value is -6.82. The SMILES string of the molecule is COc1ccc(-c2ccc(OCc3cc(S(=O)(=O)NC(=O)c4c(C)noc4C)oc3C)cc2)cc1.COc1ccc(-c2ccc(OCc3cc(S(N)(=O)=O)oc3C)cc2)cc1. The predicted molar refractivity (Wildman–Crippen MR) is 224 cm³/mol. The second-order valence-corrected chi connectivity index (χ2v) is 16.7. The number of methoxy groups -OCH3 is 2. The molecule has 17 heteroatoms. The first-order chi connectivity index (χ1) is 29.0. The lowest BCUT2D eigenvalue weighted by Crippen LogP contribution is -2.31. The van der Waals surface area contributed by atoms with Gasteiger partial charge in [0.05, 0.1) is 19.9 Å². The summed E-state index contributed by atoms with van der Waals surface area (Å²) in [5.41, 5.74) is 5.70. The van der Waals surface area contributed by atoms with Crippen LogP contribution in [0.1, 0.15) is 44.5 Å². The standard InChI is InChI=1S/C25H24N2O7S.C19H19NO5S/c1-15-24(17(3)34-26-15)25(28)27-35(29,30)23-13-20(16(2)33-23)14-32-22-11-7-19(8-12-22)18-5-9-21(31-4)10-6-18;1-13-16(11-19(25-13)26(20,21)22)12-24-18-9-5-15(6-10-18)14-3-7-17(23-2)8-4-14/h5-13H,14H2,1-4H3,(H,27,28);3-11H,12H2,1-2H3,(H2,20,21,22). The van der Waals surface area contributed by atoms with E-state index >= 15 is 0 Å². The molecule has 0 aliphatic carbocycles. The smallest absolute Gasteiger partial charge is 0.297 e. The summed E-state index contributed by atoms with van der Waals surface area (Å²) in [5.74, 6) is 3.08. The number of carbonyl (C=O) groups is 1. The number of nitrogens with one attached hydrogen (secondary N) is 1. The first kappa shape index (κ1) is 43.8. The van der Waals surface area contributed by atoms with E-state index in [1.54, 1.807) is 35.0 Å². The molecule has 3 heterocycles. The van der Waals surface area contributed by atoms with Crippen molar-refractivity contribution in [1.82, 2.24) is 9.88 Å². The van der Waals surface area contributed by atoms with Crippen molar-refractivity contribution in [2.45, 2.75) is 51.1 Å². The first-order valence-corrected chi connectivity index (χ1v) is 21.5. The number of hydrogen-bond acceptors (Lipinski definition) is 13. The molecule has 0 atom stereocenters. The lowest BCUT2D eigenvalue weighted by Gasteiger charge is -2.07. The third kappa shape index (κ3) is 10.9. The number of primary sulfonamides is 1. The van der Waals surface area contributed by atoms with E-state index in [2.05, 4.69) is 5.16 Å². The molecular formula is C44H43N3O12S2. The van der Waals surface area contributed by atoms with Crippen LogP contribution in [0.4, 0.5) is 0 Å². The summed E-state index contributed by atoms with van der Waals surface area (Å²) in [4.78, 5) is 12.4. The molecule has 0 saturated carbocycles. The monoisotopic (exact) mass is 869 g/mol. The Morgan fingerprint density at radius 3 is 1.31 bits per heavy atom. The van der Waals surface area contributed by atoms with Crippen LogP contribution in [0.2, 0.25) is 0 Å². The quantitative estimate of drug-likeness (QED) is 0.106. The van der Waals surface area contributed by atoms with Gasteiger partial charge in [0, 0.05) is 23.3 Å². The maximum Gasteiger partial charge on any atom is 0.297 e. The number of aromatic nitrogens is 1. The largest absolute Gasteiger partial charge is 0.497 e. The summed E-state index contributed by atoms with van der Waals surface area (Å²) in [6, 6.07) is 33.4. The molecule has 0 radical (unpaired) electrons. The molecule has 3 aromatic heterocycles. The van der Waals surface area contributed by atoms with E-state index in [1.807, 2.05) is 102 Å². The topological polar surface area (TPSA) is 213 Å². The number of ether oxygens (including phenoxy) is 4. The summed E-state index contributed by atoms with van der Waals surface area (Å²) in [6.07, 6.45) is 0. The van der Waals surface area contributed by atoms with Gasteiger partial charge in [0.25, 0.3) is 26.0 Å². The van der Waals surface area contributed by atoms with Gasteiger partial charge in [0.2, 0.25) is 10.2 Å². The molecule has 0 bridgehead atoms. The Kier molecular flexibility index (Phi) is 13.4. The normalized spacial score (nSPS) is 11.3. The van der Waals surface area contributed by atoms with E-state index in [0.717, 1.165) is 33.8 Å². The van der Waals surface area contributed by atoms with Crippen LogP contribution in [0.3, 0.4) is 0 Å². The van der Waals surface area contributed by atoms with E-state index < -0.39 is 26.0 Å². The van der Waals surface area contributed by atoms with Gasteiger partial charge in [-0.3, -0.25) is 4.79 Å². The van der Waals surface area contributed by atoms with Gasteiger partial charge in [0.15, 0.2) is 0 Å². The summed E-state index contributed by atoms with van der Waals surface area (Å²) in [5, 5.41) is 8.09. The molecular weight excluding hydrogens is 827 g/mol. The molecule has 4 aromatic carbocycles. The molecule has 0 saturated heterocycles. The summed E-state index contributed by atoms with van der Waals surface area (Å²) in [7, 11) is -4.85. The van der Waals surface area contributed by atoms with Gasteiger partial charge in [-0.2, -0.15) is 8.42 Å². The number of nitrogens with two attached hydrogens (primary N) is 1. The van der Waals surface area contributed by atoms with Crippen LogP contribution in [0, 0.1) is 27.7 Å². The third-order valence-electron chi connectivity index (χ3n) is 9.37. The second-order valence-electron chi connectivity index (χ2n) is 13.6. The molecule has 3 N–H and O–H groups in total. The number of nitrogens with zero attached hydrogens (tertiary/aromatic N) is 1. The van der Waals surface area contributed by atoms with Crippen molar-refractivity contribution in [3.8, 4) is 45.3 Å². The summed E-state index contributed by atoms with van der Waals surface area (Å²) >= 11 is 0. The molecule has 318 valence electrons. The fourth-order valence-electron chi connectivity index (χ4n) is 5.95. The van der Waals surface area contributed by atoms with Gasteiger partial charge in [-0.1, -0.05) is 53.7 Å². The number of sulfonamides is 2. The number of aryl methyl sites for hydroxylation is 4. The Labute approximate surface area is 353 Å². The average Bonchev–Trinajstić information content (AvgIpc) is 3.94. The van der Waals surface area contributed by atoms with Crippen molar-refractivity contribution < 1.29 is 53.9 Å². The third-order valence-corrected chi connectivity index (χ3v) is 11.3. The minimum atomic E-state index is -4.25. The van der Waals surface area contributed by atoms with Gasteiger partial charge < -0.3 is 32.3 Å². The number of amides is 1. The van der Waals surface area contributed by atoms with Crippen molar-refractivity contribution in [1.29, 1.82) is 0 Å². The minimum absolute atomic E-state index is 0.0681. The number of benzene rings is 4. The van der Waals surface area contributed by atoms with E-state index in [1.165, 1.54) is 19.1 Å². The van der Waals surface area contributed by atoms with Gasteiger partial charge in [-0.25, -0.2) is 18.3 Å². The Morgan fingerprint density at radius 1 is 0.590 bits per heavy atom. The van der Waals surface area contributed by atoms with Gasteiger partial charge in [0.1, 0.15) is 59.1 Å². The van der Waals surface area contributed by atoms with Crippen LogP contribution in [-0.4, -0.2) is 42.1 Å². The van der Waals surface area contributed by atoms with Gasteiger partial charge >= 0.3 is 0 Å². The highest BCUT2D eigenvalue weighted by atomic mass is 32.2. The van der Waals surface area contributed by atoms with Crippen molar-refractivity contribution in [2.24, 2.45) is 5.14 Å². The zero-order valence-electron chi connectivity index (χ0n) is 34.0. The Morgan fingerprint density at radius 2 is 0.967 bits per heavy atom. The molecule has 7 rings (SSSR count). The molecule has 0 aliphatic rings. The van der Waals surface area contributed by atoms with E-state index in [-0.39, 0.29) is 40.4 Å². The second kappa shape index (κ2) is 18.6. The molecule has 0 aliphatic heterocycles. The minimum Gasteiger partial charge on any atom is -0.497 e. The maximum atomic E-state index is 12.7. The molecule has 1 amide bonds. The molecule has 15 nitrogen and oxygen atoms in total. The lowest BCUT2D eigenvalue weighted by molar-refractivity contribution is 0.0978. The van der Waals surface area contributed by atoms with Crippen molar-refractivity contribution in [3.05, 3.63) is 149 Å². The van der Waals surface area contributed by atoms with Crippen LogP contribution >= 0.6 is 0 Å². The van der Waals surface area contributed by atoms with Gasteiger partial charge in [-0.05, 0) is 98.5 Å². The summed E-state index contributed by atoms with van der Waals surface area (Å²) < 4.78 is 87.4. The molecule has 0 spiro atoms. The number of furan rings is 2. The van der Waals surface area contributed by atoms with Crippen LogP contribution in [-0.2, 0) is 33.3 Å². The zero-order valence-corrected chi connectivity index (χ0v) is 35.7. The average molecular weight is 870 g/mol. The van der Waals surface area contributed by atoms with Crippen LogP contribution in [0.15, 0.2) is 133 Å². The Balaban J connectivity index is 0.000000213. The van der Waals surface area contributed by atoms with E-state index in [4.69, 9.17) is 37.4 Å². The Bertz CT molecular complexity index is 2810. The maximum absolute atomic E-state index is 12.7. The van der Waals surface area contributed by atoms with Crippen LogP contribution < -0.4 is 28.8 Å². The lowest BCUT2D eigenvalue weighted by atomic mass is 10.1. The van der Waals surface area contributed by atoms with Crippen LogP contribution in [0.5, 0.6) is 23.0 Å². The molecule has 0 fully saturated rings. The first-order valence-electron chi connectivity index (χ1n) is 18.5. The fourth-order valence-corrected chi connectivity index (χ4v) is 7.47. The van der Waals surface area contributed by atoms with Crippen molar-refractivity contribution in [2.75, 3.05) is 14.2 Å². The fraction of sp³-hybridized carbons (Fsp3) is 0.182. The summed E-state index contributed by atoms with van der Waals surface area (Å²) in [6.45, 7) is 6.64. The van der Waals surface area contributed by atoms with E-state index in [0.29, 0.717) is 34.1 Å². The molecule has 61 heavy (non-hydrogen) atoms. The molecule has 7 aromatic rings. The van der Waals surface area contributed by atoms with E-state index in [9.17, 15) is 21.6 Å². The van der Waals surface area contributed by atoms with Gasteiger partial charge in [-0.15, -0.1) is 0 Å². The van der Waals surface area contributed by atoms with Crippen LogP contribution in [0.25, 0.3) is 22.3 Å². The number of hydrogen-bond donors (Lipinski definition) is 2. The van der Waals surface area contributed by atoms with Crippen molar-refractivity contribution in [3.63, 3.8) is 0 Å². The highest BCUT2D eigenvalue weighted by molar-refractivity contribution is 7.90.